The summed E-state index contributed by atoms with van der Waals surface area (Å²) in [6, 6.07) is 18.9. The smallest absolute Gasteiger partial charge is 0.206 e. The van der Waals surface area contributed by atoms with Crippen LogP contribution in [0.2, 0.25) is 5.02 Å². The van der Waals surface area contributed by atoms with Gasteiger partial charge in [0, 0.05) is 37.7 Å². The topological polar surface area (TPSA) is 48.1 Å². The first-order chi connectivity index (χ1) is 16.0. The lowest BCUT2D eigenvalue weighted by Crippen LogP contribution is -2.47. The Balaban J connectivity index is 1.38. The second-order valence-electron chi connectivity index (χ2n) is 9.29. The van der Waals surface area contributed by atoms with Gasteiger partial charge >= 0.3 is 0 Å². The van der Waals surface area contributed by atoms with E-state index in [0.29, 0.717) is 5.02 Å². The zero-order chi connectivity index (χ0) is 23.4. The minimum Gasteiger partial charge on any atom is -0.340 e. The number of nitrogens with zero attached hydrogens (tertiary/aromatic N) is 5. The largest absolute Gasteiger partial charge is 0.340 e. The Morgan fingerprint density at radius 1 is 1.06 bits per heavy atom. The highest BCUT2D eigenvalue weighted by Gasteiger charge is 2.37. The van der Waals surface area contributed by atoms with Gasteiger partial charge in [-0.15, -0.1) is 0 Å². The van der Waals surface area contributed by atoms with Crippen molar-refractivity contribution in [3.05, 3.63) is 59.1 Å². The Hall–Kier alpha value is -2.55. The highest BCUT2D eigenvalue weighted by molar-refractivity contribution is 6.31. The van der Waals surface area contributed by atoms with Crippen LogP contribution in [0.5, 0.6) is 0 Å². The summed E-state index contributed by atoms with van der Waals surface area (Å²) in [6.07, 6.45) is 1.79. The van der Waals surface area contributed by atoms with Crippen molar-refractivity contribution in [3.8, 4) is 6.07 Å². The molecule has 1 aliphatic heterocycles. The minimum absolute atomic E-state index is 0.196. The maximum absolute atomic E-state index is 10.2. The molecule has 1 aliphatic rings. The maximum atomic E-state index is 10.2. The lowest BCUT2D eigenvalue weighted by molar-refractivity contribution is 0.238. The molecular formula is C27H34ClN5. The molecule has 1 atom stereocenters. The van der Waals surface area contributed by atoms with Gasteiger partial charge in [-0.05, 0) is 56.0 Å². The fourth-order valence-electron chi connectivity index (χ4n) is 5.17. The molecule has 6 heteroatoms. The molecule has 3 aromatic rings. The molecule has 1 saturated heterocycles. The number of piperazine rings is 1. The Morgan fingerprint density at radius 2 is 1.76 bits per heavy atom. The van der Waals surface area contributed by atoms with Crippen LogP contribution in [0.15, 0.2) is 48.5 Å². The number of rotatable bonds is 8. The van der Waals surface area contributed by atoms with Crippen molar-refractivity contribution in [1.82, 2.24) is 14.5 Å². The summed E-state index contributed by atoms with van der Waals surface area (Å²) in [5, 5.41) is 10.9. The minimum atomic E-state index is -0.549. The average molecular weight is 464 g/mol. The summed E-state index contributed by atoms with van der Waals surface area (Å²) in [7, 11) is 0. The summed E-state index contributed by atoms with van der Waals surface area (Å²) in [6.45, 7) is 12.3. The van der Waals surface area contributed by atoms with Crippen molar-refractivity contribution in [3.63, 3.8) is 0 Å². The zero-order valence-electron chi connectivity index (χ0n) is 20.0. The number of anilines is 1. The van der Waals surface area contributed by atoms with Gasteiger partial charge in [-0.2, -0.15) is 5.26 Å². The summed E-state index contributed by atoms with van der Waals surface area (Å²) < 4.78 is 2.32. The molecule has 2 heterocycles. The first kappa shape index (κ1) is 23.6. The SMILES string of the molecule is CCn1c(N2CCN(CCCC(C#N)(c3ccccc3Cl)C(C)C)CC2)nc2ccccc21. The Kier molecular flexibility index (Phi) is 7.26. The standard InChI is InChI=1S/C27H34ClN5/c1-4-33-25-13-8-7-12-24(25)30-26(33)32-18-16-31(17-19-32)15-9-14-27(20-29,21(2)3)22-10-5-6-11-23(22)28/h5-8,10-13,21H,4,9,14-19H2,1-3H3. The van der Waals surface area contributed by atoms with Gasteiger partial charge in [0.15, 0.2) is 0 Å². The predicted octanol–water partition coefficient (Wildman–Crippen LogP) is 5.73. The second kappa shape index (κ2) is 10.2. The number of nitriles is 1. The second-order valence-corrected chi connectivity index (χ2v) is 9.70. The molecule has 4 rings (SSSR count). The molecule has 0 aliphatic carbocycles. The van der Waals surface area contributed by atoms with E-state index < -0.39 is 5.41 Å². The molecule has 1 unspecified atom stereocenters. The van der Waals surface area contributed by atoms with Crippen LogP contribution in [-0.2, 0) is 12.0 Å². The van der Waals surface area contributed by atoms with Crippen LogP contribution < -0.4 is 4.90 Å². The van der Waals surface area contributed by atoms with E-state index in [2.05, 4.69) is 65.5 Å². The highest BCUT2D eigenvalue weighted by Crippen LogP contribution is 2.40. The lowest BCUT2D eigenvalue weighted by Gasteiger charge is -2.37. The van der Waals surface area contributed by atoms with Gasteiger partial charge in [-0.25, -0.2) is 4.98 Å². The Labute approximate surface area is 202 Å². The van der Waals surface area contributed by atoms with Crippen molar-refractivity contribution in [2.45, 2.75) is 45.6 Å². The van der Waals surface area contributed by atoms with Crippen molar-refractivity contribution < 1.29 is 0 Å². The molecule has 0 saturated carbocycles. The summed E-state index contributed by atoms with van der Waals surface area (Å²) >= 11 is 6.51. The molecule has 1 aromatic heterocycles. The third kappa shape index (κ3) is 4.60. The van der Waals surface area contributed by atoms with Crippen LogP contribution in [0.3, 0.4) is 0 Å². The van der Waals surface area contributed by atoms with E-state index in [1.54, 1.807) is 0 Å². The molecule has 0 N–H and O–H groups in total. The fourth-order valence-corrected chi connectivity index (χ4v) is 5.48. The van der Waals surface area contributed by atoms with Gasteiger partial charge in [-0.3, -0.25) is 4.90 Å². The van der Waals surface area contributed by atoms with Crippen LogP contribution in [0, 0.1) is 17.2 Å². The number of imidazole rings is 1. The van der Waals surface area contributed by atoms with E-state index >= 15 is 0 Å². The number of hydrogen-bond donors (Lipinski definition) is 0. The molecule has 0 spiro atoms. The molecule has 5 nitrogen and oxygen atoms in total. The van der Waals surface area contributed by atoms with Gasteiger partial charge < -0.3 is 9.47 Å². The van der Waals surface area contributed by atoms with E-state index in [1.807, 2.05) is 24.3 Å². The highest BCUT2D eigenvalue weighted by atomic mass is 35.5. The number of hydrogen-bond acceptors (Lipinski definition) is 4. The predicted molar refractivity (Wildman–Crippen MR) is 137 cm³/mol. The van der Waals surface area contributed by atoms with E-state index in [0.717, 1.165) is 69.1 Å². The van der Waals surface area contributed by atoms with Crippen LogP contribution >= 0.6 is 11.6 Å². The van der Waals surface area contributed by atoms with E-state index in [1.165, 1.54) is 5.52 Å². The van der Waals surface area contributed by atoms with Crippen molar-refractivity contribution >= 4 is 28.6 Å². The number of aryl methyl sites for hydroxylation is 1. The van der Waals surface area contributed by atoms with Gasteiger partial charge in [0.2, 0.25) is 5.95 Å². The summed E-state index contributed by atoms with van der Waals surface area (Å²) in [5.74, 6) is 1.28. The third-order valence-corrected chi connectivity index (χ3v) is 7.52. The van der Waals surface area contributed by atoms with Crippen LogP contribution in [-0.4, -0.2) is 47.2 Å². The van der Waals surface area contributed by atoms with Crippen molar-refractivity contribution in [2.75, 3.05) is 37.6 Å². The lowest BCUT2D eigenvalue weighted by atomic mass is 9.70. The van der Waals surface area contributed by atoms with Crippen molar-refractivity contribution in [1.29, 1.82) is 5.26 Å². The van der Waals surface area contributed by atoms with Crippen LogP contribution in [0.1, 0.15) is 39.2 Å². The third-order valence-electron chi connectivity index (χ3n) is 7.19. The molecule has 1 fully saturated rings. The van der Waals surface area contributed by atoms with Crippen LogP contribution in [0.4, 0.5) is 5.95 Å². The van der Waals surface area contributed by atoms with Crippen molar-refractivity contribution in [2.24, 2.45) is 5.92 Å². The van der Waals surface area contributed by atoms with E-state index in [-0.39, 0.29) is 5.92 Å². The fraction of sp³-hybridized carbons (Fsp3) is 0.481. The van der Waals surface area contributed by atoms with Crippen LogP contribution in [0.25, 0.3) is 11.0 Å². The summed E-state index contributed by atoms with van der Waals surface area (Å²) in [5.41, 5.74) is 2.69. The maximum Gasteiger partial charge on any atom is 0.206 e. The number of aromatic nitrogens is 2. The first-order valence-electron chi connectivity index (χ1n) is 12.1. The van der Waals surface area contributed by atoms with Gasteiger partial charge in [0.05, 0.1) is 22.5 Å². The molecule has 0 radical (unpaired) electrons. The summed E-state index contributed by atoms with van der Waals surface area (Å²) in [4.78, 5) is 9.85. The first-order valence-corrected chi connectivity index (χ1v) is 12.5. The molecular weight excluding hydrogens is 430 g/mol. The molecule has 0 bridgehead atoms. The van der Waals surface area contributed by atoms with E-state index in [4.69, 9.17) is 16.6 Å². The van der Waals surface area contributed by atoms with Gasteiger partial charge in [0.25, 0.3) is 0 Å². The zero-order valence-corrected chi connectivity index (χ0v) is 20.7. The van der Waals surface area contributed by atoms with E-state index in [9.17, 15) is 5.26 Å². The Morgan fingerprint density at radius 3 is 2.42 bits per heavy atom. The number of fused-ring (bicyclic) bond motifs is 1. The molecule has 2 aromatic carbocycles. The Bertz CT molecular complexity index is 1120. The average Bonchev–Trinajstić information content (AvgIpc) is 3.21. The number of halogens is 1. The van der Waals surface area contributed by atoms with Gasteiger partial charge in [0.1, 0.15) is 0 Å². The molecule has 33 heavy (non-hydrogen) atoms. The molecule has 174 valence electrons. The normalized spacial score (nSPS) is 16.8. The number of para-hydroxylation sites is 2. The van der Waals surface area contributed by atoms with Gasteiger partial charge in [-0.1, -0.05) is 55.8 Å². The monoisotopic (exact) mass is 463 g/mol. The number of benzene rings is 2. The quantitative estimate of drug-likeness (QED) is 0.428. The molecule has 0 amide bonds.